The molecule has 5 heteroatoms. The van der Waals surface area contributed by atoms with E-state index in [1.165, 1.54) is 0 Å². The maximum atomic E-state index is 5.88. The van der Waals surface area contributed by atoms with E-state index in [2.05, 4.69) is 20.9 Å². The third-order valence-corrected chi connectivity index (χ3v) is 3.95. The van der Waals surface area contributed by atoms with Crippen molar-refractivity contribution in [1.82, 2.24) is 0 Å². The van der Waals surface area contributed by atoms with Gasteiger partial charge in [-0.05, 0) is 26.0 Å². The number of quaternary nitrogens is 1. The Morgan fingerprint density at radius 1 is 1.15 bits per heavy atom. The van der Waals surface area contributed by atoms with Crippen molar-refractivity contribution >= 4 is 0 Å². The van der Waals surface area contributed by atoms with Gasteiger partial charge in [0, 0.05) is 0 Å². The van der Waals surface area contributed by atoms with Crippen LogP contribution in [-0.2, 0) is 0 Å². The highest BCUT2D eigenvalue weighted by Crippen LogP contribution is 2.38. The molecule has 1 aromatic carbocycles. The summed E-state index contributed by atoms with van der Waals surface area (Å²) in [5, 5.41) is 0. The Hall–Kier alpha value is -0.690. The second kappa shape index (κ2) is 7.93. The predicted molar refractivity (Wildman–Crippen MR) is 75.1 cm³/mol. The second-order valence-electron chi connectivity index (χ2n) is 5.10. The molecule has 20 heavy (non-hydrogen) atoms. The van der Waals surface area contributed by atoms with E-state index in [1.54, 1.807) is 0 Å². The van der Waals surface area contributed by atoms with Crippen LogP contribution in [0.25, 0.3) is 0 Å². The lowest BCUT2D eigenvalue weighted by Gasteiger charge is -2.32. The van der Waals surface area contributed by atoms with Gasteiger partial charge < -0.3 is 42.7 Å². The molecule has 4 nitrogen and oxygen atoms in total. The third kappa shape index (κ3) is 4.15. The van der Waals surface area contributed by atoms with E-state index >= 15 is 0 Å². The molecule has 0 saturated carbocycles. The number of hydrogen-bond acceptors (Lipinski definition) is 3. The van der Waals surface area contributed by atoms with Crippen molar-refractivity contribution in [3.05, 3.63) is 18.2 Å². The zero-order chi connectivity index (χ0) is 13.7. The Morgan fingerprint density at radius 2 is 1.85 bits per heavy atom. The number of ether oxygens (including phenoxy) is 3. The second-order valence-corrected chi connectivity index (χ2v) is 5.10. The minimum absolute atomic E-state index is 0. The molecule has 1 aliphatic rings. The minimum atomic E-state index is 0. The van der Waals surface area contributed by atoms with Crippen molar-refractivity contribution in [3.63, 3.8) is 0 Å². The summed E-state index contributed by atoms with van der Waals surface area (Å²) in [4.78, 5) is 0. The van der Waals surface area contributed by atoms with Crippen LogP contribution in [0, 0.1) is 0 Å². The molecule has 0 fully saturated rings. The molecule has 0 N–H and O–H groups in total. The van der Waals surface area contributed by atoms with Crippen molar-refractivity contribution in [2.45, 2.75) is 13.8 Å². The first-order valence-electron chi connectivity index (χ1n) is 7.03. The summed E-state index contributed by atoms with van der Waals surface area (Å²) in [6.07, 6.45) is 0. The van der Waals surface area contributed by atoms with E-state index in [0.717, 1.165) is 41.4 Å². The van der Waals surface area contributed by atoms with Crippen LogP contribution in [0.15, 0.2) is 18.2 Å². The van der Waals surface area contributed by atoms with Crippen molar-refractivity contribution in [3.8, 4) is 17.2 Å². The van der Waals surface area contributed by atoms with Gasteiger partial charge in [-0.25, -0.2) is 0 Å². The van der Waals surface area contributed by atoms with Crippen LogP contribution in [0.5, 0.6) is 17.2 Å². The van der Waals surface area contributed by atoms with Crippen LogP contribution >= 0.6 is 0 Å². The molecule has 0 aromatic heterocycles. The van der Waals surface area contributed by atoms with Gasteiger partial charge in [0.25, 0.3) is 0 Å². The Bertz CT molecular complexity index is 422. The van der Waals surface area contributed by atoms with Gasteiger partial charge in [0.1, 0.15) is 26.4 Å². The fourth-order valence-corrected chi connectivity index (χ4v) is 2.08. The molecule has 0 saturated heterocycles. The lowest BCUT2D eigenvalue weighted by Crippen LogP contribution is -3.00. The molecule has 0 bridgehead atoms. The first-order valence-corrected chi connectivity index (χ1v) is 7.03. The van der Waals surface area contributed by atoms with Crippen molar-refractivity contribution in [2.24, 2.45) is 0 Å². The molecule has 1 aromatic rings. The molecule has 0 amide bonds. The largest absolute Gasteiger partial charge is 1.00 e. The monoisotopic (exact) mass is 393 g/mol. The number of para-hydroxylation sites is 1. The van der Waals surface area contributed by atoms with Crippen LogP contribution in [0.2, 0.25) is 0 Å². The fourth-order valence-electron chi connectivity index (χ4n) is 2.08. The minimum Gasteiger partial charge on any atom is -1.00 e. The normalized spacial score (nSPS) is 13.6. The number of benzene rings is 1. The quantitative estimate of drug-likeness (QED) is 0.474. The summed E-state index contributed by atoms with van der Waals surface area (Å²) >= 11 is 0. The number of likely N-dealkylation sites (N-methyl/N-ethyl adjacent to an activating group) is 1. The highest BCUT2D eigenvalue weighted by atomic mass is 127. The van der Waals surface area contributed by atoms with Gasteiger partial charge in [0.15, 0.2) is 11.5 Å². The molecule has 0 spiro atoms. The number of fused-ring (bicyclic) bond motifs is 1. The number of halogens is 1. The SMILES string of the molecule is CC[N+](C)(CC)CCOc1cccc2c1OCCO2.[I-]. The summed E-state index contributed by atoms with van der Waals surface area (Å²) in [7, 11) is 2.25. The van der Waals surface area contributed by atoms with Gasteiger partial charge in [-0.1, -0.05) is 6.07 Å². The number of nitrogens with zero attached hydrogens (tertiary/aromatic N) is 1. The number of hydrogen-bond donors (Lipinski definition) is 0. The topological polar surface area (TPSA) is 27.7 Å². The van der Waals surface area contributed by atoms with Crippen LogP contribution in [0.4, 0.5) is 0 Å². The zero-order valence-corrected chi connectivity index (χ0v) is 14.7. The Labute approximate surface area is 138 Å². The lowest BCUT2D eigenvalue weighted by molar-refractivity contribution is -0.906. The molecule has 1 heterocycles. The lowest BCUT2D eigenvalue weighted by atomic mass is 10.3. The Morgan fingerprint density at radius 3 is 2.55 bits per heavy atom. The summed E-state index contributed by atoms with van der Waals surface area (Å²) in [6.45, 7) is 9.55. The summed E-state index contributed by atoms with van der Waals surface area (Å²) in [5.74, 6) is 2.32. The van der Waals surface area contributed by atoms with E-state index in [1.807, 2.05) is 18.2 Å². The summed E-state index contributed by atoms with van der Waals surface area (Å²) < 4.78 is 18.1. The molecule has 0 unspecified atom stereocenters. The molecule has 1 aliphatic heterocycles. The zero-order valence-electron chi connectivity index (χ0n) is 12.5. The van der Waals surface area contributed by atoms with Gasteiger partial charge in [0.05, 0.1) is 20.1 Å². The molecule has 114 valence electrons. The van der Waals surface area contributed by atoms with Gasteiger partial charge in [-0.15, -0.1) is 0 Å². The van der Waals surface area contributed by atoms with Gasteiger partial charge >= 0.3 is 0 Å². The summed E-state index contributed by atoms with van der Waals surface area (Å²) in [5.41, 5.74) is 0. The van der Waals surface area contributed by atoms with Crippen LogP contribution < -0.4 is 38.2 Å². The molecule has 0 radical (unpaired) electrons. The van der Waals surface area contributed by atoms with E-state index in [0.29, 0.717) is 19.8 Å². The molecular weight excluding hydrogens is 369 g/mol. The van der Waals surface area contributed by atoms with Gasteiger partial charge in [0.2, 0.25) is 5.75 Å². The van der Waals surface area contributed by atoms with Crippen molar-refractivity contribution in [1.29, 1.82) is 0 Å². The molecular formula is C15H24INO3. The van der Waals surface area contributed by atoms with Crippen LogP contribution in [0.3, 0.4) is 0 Å². The predicted octanol–water partition coefficient (Wildman–Crippen LogP) is -0.673. The van der Waals surface area contributed by atoms with Crippen molar-refractivity contribution in [2.75, 3.05) is 46.5 Å². The first-order chi connectivity index (χ1) is 9.18. The first kappa shape index (κ1) is 17.4. The van der Waals surface area contributed by atoms with Crippen LogP contribution in [-0.4, -0.2) is 51.0 Å². The smallest absolute Gasteiger partial charge is 0.203 e. The molecule has 0 atom stereocenters. The third-order valence-electron chi connectivity index (χ3n) is 3.95. The standard InChI is InChI=1S/C15H24NO3.HI/c1-4-16(3,5-2)9-10-17-13-7-6-8-14-15(13)19-12-11-18-14;/h6-8H,4-5,9-12H2,1-3H3;1H/q+1;/p-1. The Balaban J connectivity index is 0.00000200. The van der Waals surface area contributed by atoms with Gasteiger partial charge in [-0.3, -0.25) is 0 Å². The molecule has 0 aliphatic carbocycles. The highest BCUT2D eigenvalue weighted by Gasteiger charge is 2.19. The Kier molecular flexibility index (Phi) is 6.88. The van der Waals surface area contributed by atoms with E-state index in [4.69, 9.17) is 14.2 Å². The maximum Gasteiger partial charge on any atom is 0.203 e. The maximum absolute atomic E-state index is 5.88. The van der Waals surface area contributed by atoms with Crippen molar-refractivity contribution < 1.29 is 42.7 Å². The van der Waals surface area contributed by atoms with Crippen LogP contribution in [0.1, 0.15) is 13.8 Å². The van der Waals surface area contributed by atoms with E-state index in [9.17, 15) is 0 Å². The average molecular weight is 393 g/mol. The van der Waals surface area contributed by atoms with E-state index < -0.39 is 0 Å². The summed E-state index contributed by atoms with van der Waals surface area (Å²) in [6, 6.07) is 5.80. The fraction of sp³-hybridized carbons (Fsp3) is 0.600. The number of rotatable bonds is 6. The van der Waals surface area contributed by atoms with Gasteiger partial charge in [-0.2, -0.15) is 0 Å². The highest BCUT2D eigenvalue weighted by molar-refractivity contribution is 5.51. The molecule has 2 rings (SSSR count). The van der Waals surface area contributed by atoms with E-state index in [-0.39, 0.29) is 24.0 Å². The average Bonchev–Trinajstić information content (AvgIpc) is 2.47.